The molecule has 5 heteroatoms. The lowest BCUT2D eigenvalue weighted by Crippen LogP contribution is -2.20. The third-order valence-electron chi connectivity index (χ3n) is 3.47. The van der Waals surface area contributed by atoms with Crippen LogP contribution in [0, 0.1) is 0 Å². The minimum Gasteiger partial charge on any atom is -0.272 e. The summed E-state index contributed by atoms with van der Waals surface area (Å²) in [5.41, 5.74) is 4.71. The van der Waals surface area contributed by atoms with E-state index in [2.05, 4.69) is 15.5 Å². The molecule has 1 aliphatic rings. The standard InChI is InChI=1S/C16H17N3OS/c20-15(19-18-13-7-1-2-8-13)11-21-14-9-3-5-12-6-4-10-17-16(12)14/h3-6,9-10H,1-2,7-8,11H2,(H,19,20). The number of para-hydroxylation sites is 1. The Morgan fingerprint density at radius 2 is 2.05 bits per heavy atom. The molecule has 3 rings (SSSR count). The Hall–Kier alpha value is -1.88. The van der Waals surface area contributed by atoms with Gasteiger partial charge in [0, 0.05) is 22.2 Å². The number of benzene rings is 1. The van der Waals surface area contributed by atoms with Gasteiger partial charge in [0.25, 0.3) is 0 Å². The number of rotatable bonds is 4. The van der Waals surface area contributed by atoms with Gasteiger partial charge in [-0.15, -0.1) is 11.8 Å². The molecule has 1 aromatic heterocycles. The molecule has 1 aliphatic carbocycles. The van der Waals surface area contributed by atoms with E-state index in [0.717, 1.165) is 34.4 Å². The smallest absolute Gasteiger partial charge is 0.250 e. The number of pyridine rings is 1. The predicted octanol–water partition coefficient (Wildman–Crippen LogP) is 3.37. The van der Waals surface area contributed by atoms with Crippen LogP contribution in [0.4, 0.5) is 0 Å². The van der Waals surface area contributed by atoms with Crippen LogP contribution in [0.25, 0.3) is 10.9 Å². The highest BCUT2D eigenvalue weighted by Gasteiger charge is 2.09. The number of nitrogens with zero attached hydrogens (tertiary/aromatic N) is 2. The summed E-state index contributed by atoms with van der Waals surface area (Å²) in [6.07, 6.45) is 6.18. The molecule has 0 saturated heterocycles. The molecule has 0 atom stereocenters. The van der Waals surface area contributed by atoms with Gasteiger partial charge in [0.1, 0.15) is 0 Å². The van der Waals surface area contributed by atoms with E-state index in [0.29, 0.717) is 5.75 Å². The first kappa shape index (κ1) is 14.1. The number of amides is 1. The summed E-state index contributed by atoms with van der Waals surface area (Å²) in [5, 5.41) is 5.28. The Kier molecular flexibility index (Phi) is 4.50. The van der Waals surface area contributed by atoms with E-state index < -0.39 is 0 Å². The van der Waals surface area contributed by atoms with Crippen molar-refractivity contribution in [3.05, 3.63) is 36.5 Å². The van der Waals surface area contributed by atoms with E-state index in [4.69, 9.17) is 0 Å². The van der Waals surface area contributed by atoms with Crippen LogP contribution in [-0.2, 0) is 4.79 Å². The number of aromatic nitrogens is 1. The molecule has 0 spiro atoms. The van der Waals surface area contributed by atoms with Crippen molar-refractivity contribution < 1.29 is 4.79 Å². The van der Waals surface area contributed by atoms with E-state index in [9.17, 15) is 4.79 Å². The highest BCUT2D eigenvalue weighted by atomic mass is 32.2. The van der Waals surface area contributed by atoms with Crippen molar-refractivity contribution >= 4 is 34.3 Å². The molecule has 1 amide bonds. The average molecular weight is 299 g/mol. The Morgan fingerprint density at radius 3 is 2.90 bits per heavy atom. The second-order valence-electron chi connectivity index (χ2n) is 5.04. The van der Waals surface area contributed by atoms with Gasteiger partial charge in [-0.25, -0.2) is 5.43 Å². The summed E-state index contributed by atoms with van der Waals surface area (Å²) < 4.78 is 0. The summed E-state index contributed by atoms with van der Waals surface area (Å²) in [6, 6.07) is 9.96. The molecule has 0 radical (unpaired) electrons. The number of carbonyl (C=O) groups is 1. The zero-order valence-corrected chi connectivity index (χ0v) is 12.5. The fraction of sp³-hybridized carbons (Fsp3) is 0.312. The fourth-order valence-corrected chi connectivity index (χ4v) is 3.24. The quantitative estimate of drug-likeness (QED) is 0.695. The maximum Gasteiger partial charge on any atom is 0.250 e. The molecule has 0 bridgehead atoms. The first-order valence-electron chi connectivity index (χ1n) is 7.14. The van der Waals surface area contributed by atoms with Crippen LogP contribution in [0.15, 0.2) is 46.5 Å². The van der Waals surface area contributed by atoms with Crippen LogP contribution < -0.4 is 5.43 Å². The highest BCUT2D eigenvalue weighted by molar-refractivity contribution is 8.00. The normalized spacial score (nSPS) is 14.4. The number of hydrogen-bond donors (Lipinski definition) is 1. The van der Waals surface area contributed by atoms with E-state index >= 15 is 0 Å². The summed E-state index contributed by atoms with van der Waals surface area (Å²) in [6.45, 7) is 0. The molecular formula is C16H17N3OS. The lowest BCUT2D eigenvalue weighted by atomic mass is 10.2. The summed E-state index contributed by atoms with van der Waals surface area (Å²) in [4.78, 5) is 17.3. The van der Waals surface area contributed by atoms with E-state index in [1.54, 1.807) is 6.20 Å². The van der Waals surface area contributed by atoms with E-state index in [1.165, 1.54) is 24.6 Å². The highest BCUT2D eigenvalue weighted by Crippen LogP contribution is 2.25. The average Bonchev–Trinajstić information content (AvgIpc) is 3.04. The summed E-state index contributed by atoms with van der Waals surface area (Å²) in [5.74, 6) is 0.291. The minimum atomic E-state index is -0.0627. The number of hydrogen-bond acceptors (Lipinski definition) is 4. The van der Waals surface area contributed by atoms with Gasteiger partial charge in [0.15, 0.2) is 0 Å². The third kappa shape index (κ3) is 3.61. The van der Waals surface area contributed by atoms with Gasteiger partial charge in [-0.2, -0.15) is 5.10 Å². The van der Waals surface area contributed by atoms with Gasteiger partial charge < -0.3 is 0 Å². The second kappa shape index (κ2) is 6.72. The van der Waals surface area contributed by atoms with Crippen LogP contribution in [0.1, 0.15) is 25.7 Å². The molecule has 108 valence electrons. The minimum absolute atomic E-state index is 0.0627. The van der Waals surface area contributed by atoms with Crippen LogP contribution in [-0.4, -0.2) is 22.4 Å². The number of thioether (sulfide) groups is 1. The van der Waals surface area contributed by atoms with Gasteiger partial charge in [-0.3, -0.25) is 9.78 Å². The van der Waals surface area contributed by atoms with Crippen LogP contribution in [0.2, 0.25) is 0 Å². The molecule has 1 fully saturated rings. The second-order valence-corrected chi connectivity index (χ2v) is 6.06. The molecule has 1 heterocycles. The van der Waals surface area contributed by atoms with Gasteiger partial charge >= 0.3 is 0 Å². The predicted molar refractivity (Wildman–Crippen MR) is 86.5 cm³/mol. The molecule has 2 aromatic rings. The molecule has 1 saturated carbocycles. The molecule has 4 nitrogen and oxygen atoms in total. The maximum atomic E-state index is 11.8. The molecule has 0 unspecified atom stereocenters. The van der Waals surface area contributed by atoms with E-state index in [1.807, 2.05) is 30.3 Å². The number of nitrogens with one attached hydrogen (secondary N) is 1. The molecule has 1 aromatic carbocycles. The van der Waals surface area contributed by atoms with Gasteiger partial charge in [-0.05, 0) is 37.8 Å². The van der Waals surface area contributed by atoms with Gasteiger partial charge in [0.05, 0.1) is 11.3 Å². The number of hydrazone groups is 1. The van der Waals surface area contributed by atoms with Crippen LogP contribution >= 0.6 is 11.8 Å². The zero-order chi connectivity index (χ0) is 14.5. The Morgan fingerprint density at radius 1 is 1.24 bits per heavy atom. The number of fused-ring (bicyclic) bond motifs is 1. The Balaban J connectivity index is 1.61. The first-order valence-corrected chi connectivity index (χ1v) is 8.12. The van der Waals surface area contributed by atoms with Gasteiger partial charge in [-0.1, -0.05) is 18.2 Å². The SMILES string of the molecule is O=C(CSc1cccc2cccnc12)NN=C1CCCC1. The third-order valence-corrected chi connectivity index (χ3v) is 4.52. The fourth-order valence-electron chi connectivity index (χ4n) is 2.40. The van der Waals surface area contributed by atoms with Crippen LogP contribution in [0.5, 0.6) is 0 Å². The summed E-state index contributed by atoms with van der Waals surface area (Å²) in [7, 11) is 0. The summed E-state index contributed by atoms with van der Waals surface area (Å²) >= 11 is 1.50. The van der Waals surface area contributed by atoms with Crippen molar-refractivity contribution in [2.24, 2.45) is 5.10 Å². The Bertz CT molecular complexity index is 671. The lowest BCUT2D eigenvalue weighted by Gasteiger charge is -2.05. The van der Waals surface area contributed by atoms with Crippen molar-refractivity contribution in [2.75, 3.05) is 5.75 Å². The lowest BCUT2D eigenvalue weighted by molar-refractivity contribution is -0.118. The van der Waals surface area contributed by atoms with Crippen LogP contribution in [0.3, 0.4) is 0 Å². The molecular weight excluding hydrogens is 282 g/mol. The topological polar surface area (TPSA) is 54.4 Å². The molecule has 21 heavy (non-hydrogen) atoms. The van der Waals surface area contributed by atoms with E-state index in [-0.39, 0.29) is 5.91 Å². The zero-order valence-electron chi connectivity index (χ0n) is 11.7. The largest absolute Gasteiger partial charge is 0.272 e. The number of carbonyl (C=O) groups excluding carboxylic acids is 1. The monoisotopic (exact) mass is 299 g/mol. The molecule has 1 N–H and O–H groups in total. The molecule has 0 aliphatic heterocycles. The first-order chi connectivity index (χ1) is 10.3. The van der Waals surface area contributed by atoms with Gasteiger partial charge in [0.2, 0.25) is 5.91 Å². The maximum absolute atomic E-state index is 11.8. The van der Waals surface area contributed by atoms with Crippen molar-refractivity contribution in [1.29, 1.82) is 0 Å². The van der Waals surface area contributed by atoms with Crippen molar-refractivity contribution in [1.82, 2.24) is 10.4 Å². The van der Waals surface area contributed by atoms with Crippen molar-refractivity contribution in [2.45, 2.75) is 30.6 Å². The Labute approximate surface area is 128 Å². The van der Waals surface area contributed by atoms with Crippen molar-refractivity contribution in [3.8, 4) is 0 Å². The van der Waals surface area contributed by atoms with Crippen molar-refractivity contribution in [3.63, 3.8) is 0 Å².